The van der Waals surface area contributed by atoms with E-state index in [0.29, 0.717) is 18.7 Å². The van der Waals surface area contributed by atoms with Crippen molar-refractivity contribution in [1.29, 1.82) is 0 Å². The van der Waals surface area contributed by atoms with Crippen molar-refractivity contribution in [2.75, 3.05) is 13.2 Å². The van der Waals surface area contributed by atoms with Crippen molar-refractivity contribution in [3.8, 4) is 5.75 Å². The summed E-state index contributed by atoms with van der Waals surface area (Å²) < 4.78 is 5.66. The maximum absolute atomic E-state index is 12.4. The van der Waals surface area contributed by atoms with Gasteiger partial charge >= 0.3 is 0 Å². The SMILES string of the molecule is CCCOc1cccc(C2=NN(C(=O)c3cccnc3)CC2)c1. The summed E-state index contributed by atoms with van der Waals surface area (Å²) in [5, 5.41) is 5.98. The van der Waals surface area contributed by atoms with Crippen LogP contribution in [0.5, 0.6) is 5.75 Å². The average Bonchev–Trinajstić information content (AvgIpc) is 3.10. The molecule has 1 aromatic carbocycles. The first-order valence-electron chi connectivity index (χ1n) is 7.80. The summed E-state index contributed by atoms with van der Waals surface area (Å²) in [4.78, 5) is 16.4. The minimum atomic E-state index is -0.119. The summed E-state index contributed by atoms with van der Waals surface area (Å²) in [7, 11) is 0. The van der Waals surface area contributed by atoms with E-state index >= 15 is 0 Å². The van der Waals surface area contributed by atoms with E-state index in [2.05, 4.69) is 17.0 Å². The average molecular weight is 309 g/mol. The molecule has 0 bridgehead atoms. The van der Waals surface area contributed by atoms with E-state index in [4.69, 9.17) is 4.74 Å². The molecule has 0 unspecified atom stereocenters. The lowest BCUT2D eigenvalue weighted by molar-refractivity contribution is 0.0778. The van der Waals surface area contributed by atoms with Gasteiger partial charge in [-0.15, -0.1) is 0 Å². The molecule has 2 aromatic rings. The van der Waals surface area contributed by atoms with Gasteiger partial charge in [-0.1, -0.05) is 19.1 Å². The maximum atomic E-state index is 12.4. The molecule has 23 heavy (non-hydrogen) atoms. The van der Waals surface area contributed by atoms with Gasteiger partial charge in [0.2, 0.25) is 0 Å². The second-order valence-corrected chi connectivity index (χ2v) is 5.34. The predicted molar refractivity (Wildman–Crippen MR) is 88.7 cm³/mol. The quantitative estimate of drug-likeness (QED) is 0.852. The number of nitrogens with zero attached hydrogens (tertiary/aromatic N) is 3. The number of carbonyl (C=O) groups is 1. The second-order valence-electron chi connectivity index (χ2n) is 5.34. The van der Waals surface area contributed by atoms with Crippen molar-refractivity contribution in [2.24, 2.45) is 5.10 Å². The summed E-state index contributed by atoms with van der Waals surface area (Å²) in [6.45, 7) is 3.36. The Morgan fingerprint density at radius 2 is 2.22 bits per heavy atom. The van der Waals surface area contributed by atoms with Gasteiger partial charge in [-0.05, 0) is 30.7 Å². The Morgan fingerprint density at radius 1 is 1.30 bits per heavy atom. The van der Waals surface area contributed by atoms with Crippen LogP contribution >= 0.6 is 0 Å². The molecule has 3 rings (SSSR count). The molecule has 1 aliphatic heterocycles. The molecule has 5 heteroatoms. The first-order valence-corrected chi connectivity index (χ1v) is 7.80. The number of hydrazone groups is 1. The van der Waals surface area contributed by atoms with Crippen LogP contribution in [0.15, 0.2) is 53.9 Å². The zero-order valence-electron chi connectivity index (χ0n) is 13.1. The molecule has 0 radical (unpaired) electrons. The van der Waals surface area contributed by atoms with Gasteiger partial charge in [-0.3, -0.25) is 9.78 Å². The van der Waals surface area contributed by atoms with Crippen LogP contribution < -0.4 is 4.74 Å². The fourth-order valence-corrected chi connectivity index (χ4v) is 2.43. The molecular formula is C18H19N3O2. The third kappa shape index (κ3) is 3.56. The molecule has 0 atom stereocenters. The smallest absolute Gasteiger partial charge is 0.275 e. The number of amides is 1. The fourth-order valence-electron chi connectivity index (χ4n) is 2.43. The summed E-state index contributed by atoms with van der Waals surface area (Å²) in [6, 6.07) is 11.4. The van der Waals surface area contributed by atoms with Crippen molar-refractivity contribution in [1.82, 2.24) is 9.99 Å². The first kappa shape index (κ1) is 15.2. The fraction of sp³-hybridized carbons (Fsp3) is 0.278. The summed E-state index contributed by atoms with van der Waals surface area (Å²) in [6.07, 6.45) is 4.92. The lowest BCUT2D eigenvalue weighted by Gasteiger charge is -2.10. The number of benzene rings is 1. The molecule has 0 aliphatic carbocycles. The van der Waals surface area contributed by atoms with Gasteiger partial charge in [0.1, 0.15) is 5.75 Å². The minimum absolute atomic E-state index is 0.119. The highest BCUT2D eigenvalue weighted by Crippen LogP contribution is 2.20. The molecule has 1 amide bonds. The van der Waals surface area contributed by atoms with Crippen LogP contribution in [0.4, 0.5) is 0 Å². The maximum Gasteiger partial charge on any atom is 0.275 e. The van der Waals surface area contributed by atoms with E-state index in [1.807, 2.05) is 24.3 Å². The van der Waals surface area contributed by atoms with Crippen molar-refractivity contribution in [3.63, 3.8) is 0 Å². The van der Waals surface area contributed by atoms with E-state index in [0.717, 1.165) is 29.9 Å². The van der Waals surface area contributed by atoms with E-state index in [9.17, 15) is 4.79 Å². The zero-order chi connectivity index (χ0) is 16.1. The lowest BCUT2D eigenvalue weighted by Crippen LogP contribution is -2.23. The van der Waals surface area contributed by atoms with Gasteiger partial charge in [0.25, 0.3) is 5.91 Å². The number of ether oxygens (including phenoxy) is 1. The van der Waals surface area contributed by atoms with Gasteiger partial charge < -0.3 is 4.74 Å². The number of hydrogen-bond donors (Lipinski definition) is 0. The van der Waals surface area contributed by atoms with E-state index in [1.165, 1.54) is 5.01 Å². The number of hydrogen-bond acceptors (Lipinski definition) is 4. The number of carbonyl (C=O) groups excluding carboxylic acids is 1. The normalized spacial score (nSPS) is 13.8. The number of rotatable bonds is 5. The topological polar surface area (TPSA) is 54.8 Å². The first-order chi connectivity index (χ1) is 11.3. The zero-order valence-corrected chi connectivity index (χ0v) is 13.1. The summed E-state index contributed by atoms with van der Waals surface area (Å²) >= 11 is 0. The van der Waals surface area contributed by atoms with Gasteiger partial charge in [0, 0.05) is 24.4 Å². The largest absolute Gasteiger partial charge is 0.494 e. The van der Waals surface area contributed by atoms with Crippen molar-refractivity contribution >= 4 is 11.6 Å². The van der Waals surface area contributed by atoms with Crippen molar-refractivity contribution < 1.29 is 9.53 Å². The Balaban J connectivity index is 1.76. The highest BCUT2D eigenvalue weighted by molar-refractivity contribution is 6.04. The molecule has 1 aromatic heterocycles. The van der Waals surface area contributed by atoms with Gasteiger partial charge in [-0.25, -0.2) is 5.01 Å². The lowest BCUT2D eigenvalue weighted by atomic mass is 10.1. The Kier molecular flexibility index (Phi) is 4.66. The van der Waals surface area contributed by atoms with E-state index in [1.54, 1.807) is 24.5 Å². The van der Waals surface area contributed by atoms with Crippen LogP contribution in [0.1, 0.15) is 35.7 Å². The molecule has 0 saturated heterocycles. The standard InChI is InChI=1S/C18H19N3O2/c1-2-11-23-16-7-3-5-14(12-16)17-8-10-21(20-17)18(22)15-6-4-9-19-13-15/h3-7,9,12-13H,2,8,10-11H2,1H3. The molecule has 0 fully saturated rings. The Morgan fingerprint density at radius 3 is 3.00 bits per heavy atom. The van der Waals surface area contributed by atoms with Crippen molar-refractivity contribution in [2.45, 2.75) is 19.8 Å². The Hall–Kier alpha value is -2.69. The third-order valence-electron chi connectivity index (χ3n) is 3.58. The second kappa shape index (κ2) is 7.05. The number of aromatic nitrogens is 1. The van der Waals surface area contributed by atoms with Crippen LogP contribution in [0.25, 0.3) is 0 Å². The van der Waals surface area contributed by atoms with Crippen LogP contribution in [0.3, 0.4) is 0 Å². The molecule has 2 heterocycles. The molecule has 0 saturated carbocycles. The monoisotopic (exact) mass is 309 g/mol. The predicted octanol–water partition coefficient (Wildman–Crippen LogP) is 3.12. The highest BCUT2D eigenvalue weighted by atomic mass is 16.5. The van der Waals surface area contributed by atoms with E-state index < -0.39 is 0 Å². The molecule has 5 nitrogen and oxygen atoms in total. The van der Waals surface area contributed by atoms with Gasteiger partial charge in [0.15, 0.2) is 0 Å². The molecule has 118 valence electrons. The Labute approximate surface area is 135 Å². The van der Waals surface area contributed by atoms with Crippen LogP contribution in [-0.4, -0.2) is 34.8 Å². The minimum Gasteiger partial charge on any atom is -0.494 e. The third-order valence-corrected chi connectivity index (χ3v) is 3.58. The van der Waals surface area contributed by atoms with Crippen LogP contribution in [-0.2, 0) is 0 Å². The van der Waals surface area contributed by atoms with Gasteiger partial charge in [0.05, 0.1) is 24.4 Å². The Bertz CT molecular complexity index is 713. The molecule has 1 aliphatic rings. The number of pyridine rings is 1. The van der Waals surface area contributed by atoms with Crippen molar-refractivity contribution in [3.05, 3.63) is 59.9 Å². The van der Waals surface area contributed by atoms with Gasteiger partial charge in [-0.2, -0.15) is 5.10 Å². The van der Waals surface area contributed by atoms with Crippen LogP contribution in [0.2, 0.25) is 0 Å². The summed E-state index contributed by atoms with van der Waals surface area (Å²) in [5.41, 5.74) is 2.46. The molecule has 0 spiro atoms. The summed E-state index contributed by atoms with van der Waals surface area (Å²) in [5.74, 6) is 0.718. The highest BCUT2D eigenvalue weighted by Gasteiger charge is 2.22. The molecular weight excluding hydrogens is 290 g/mol. The molecule has 0 N–H and O–H groups in total. The van der Waals surface area contributed by atoms with Crippen LogP contribution in [0, 0.1) is 0 Å². The van der Waals surface area contributed by atoms with E-state index in [-0.39, 0.29) is 5.91 Å².